The highest BCUT2D eigenvalue weighted by Gasteiger charge is 2.37. The molecule has 0 radical (unpaired) electrons. The quantitative estimate of drug-likeness (QED) is 0.849. The lowest BCUT2D eigenvalue weighted by Crippen LogP contribution is -2.43. The van der Waals surface area contributed by atoms with Crippen molar-refractivity contribution in [2.24, 2.45) is 0 Å². The van der Waals surface area contributed by atoms with Gasteiger partial charge in [0.15, 0.2) is 0 Å². The molecule has 1 aliphatic rings. The van der Waals surface area contributed by atoms with E-state index >= 15 is 0 Å². The lowest BCUT2D eigenvalue weighted by atomic mass is 9.79. The molecule has 5 nitrogen and oxygen atoms in total. The maximum absolute atomic E-state index is 12.6. The first-order chi connectivity index (χ1) is 12.9. The van der Waals surface area contributed by atoms with Crippen molar-refractivity contribution in [1.82, 2.24) is 9.88 Å². The molecular weight excluding hydrogens is 340 g/mol. The second-order valence-corrected chi connectivity index (χ2v) is 7.65. The molecule has 27 heavy (non-hydrogen) atoms. The molecule has 1 aliphatic carbocycles. The van der Waals surface area contributed by atoms with Crippen LogP contribution >= 0.6 is 0 Å². The number of hydrogen-bond donors (Lipinski definition) is 2. The number of aliphatic hydroxyl groups is 1. The Kier molecular flexibility index (Phi) is 5.80. The van der Waals surface area contributed by atoms with Crippen molar-refractivity contribution in [3.8, 4) is 5.75 Å². The van der Waals surface area contributed by atoms with E-state index < -0.39 is 5.60 Å². The first kappa shape index (κ1) is 19.4. The number of benzene rings is 1. The molecule has 2 N–H and O–H groups in total. The normalized spacial score (nSPS) is 22.4. The molecule has 1 fully saturated rings. The Hall–Kier alpha value is -2.40. The molecule has 1 aromatic heterocycles. The summed E-state index contributed by atoms with van der Waals surface area (Å²) in [5.41, 5.74) is 2.02. The van der Waals surface area contributed by atoms with Gasteiger partial charge in [-0.15, -0.1) is 0 Å². The average Bonchev–Trinajstić information content (AvgIpc) is 2.68. The van der Waals surface area contributed by atoms with Crippen LogP contribution in [-0.2, 0) is 16.8 Å². The molecule has 1 amide bonds. The molecule has 1 aromatic carbocycles. The largest absolute Gasteiger partial charge is 0.506 e. The van der Waals surface area contributed by atoms with Crippen molar-refractivity contribution >= 4 is 5.91 Å². The third kappa shape index (κ3) is 4.66. The molecule has 1 heterocycles. The van der Waals surface area contributed by atoms with Crippen molar-refractivity contribution < 1.29 is 15.0 Å². The zero-order valence-electron chi connectivity index (χ0n) is 16.1. The van der Waals surface area contributed by atoms with Gasteiger partial charge in [-0.1, -0.05) is 29.8 Å². The number of rotatable bonds is 5. The summed E-state index contributed by atoms with van der Waals surface area (Å²) in [6, 6.07) is 11.7. The van der Waals surface area contributed by atoms with Gasteiger partial charge >= 0.3 is 0 Å². The highest BCUT2D eigenvalue weighted by Crippen LogP contribution is 2.37. The van der Waals surface area contributed by atoms with E-state index in [1.165, 1.54) is 17.3 Å². The number of carbonyl (C=O) groups excluding carboxylic acids is 1. The van der Waals surface area contributed by atoms with Crippen LogP contribution in [0.3, 0.4) is 0 Å². The molecule has 0 spiro atoms. The first-order valence-corrected chi connectivity index (χ1v) is 9.56. The average molecular weight is 368 g/mol. The second-order valence-electron chi connectivity index (χ2n) is 7.65. The number of aromatic nitrogens is 1. The second kappa shape index (κ2) is 8.09. The minimum absolute atomic E-state index is 0.0925. The topological polar surface area (TPSA) is 73.7 Å². The summed E-state index contributed by atoms with van der Waals surface area (Å²) in [5, 5.41) is 20.3. The summed E-state index contributed by atoms with van der Waals surface area (Å²) >= 11 is 0. The van der Waals surface area contributed by atoms with Gasteiger partial charge in [0.05, 0.1) is 11.9 Å². The maximum atomic E-state index is 12.6. The van der Waals surface area contributed by atoms with E-state index in [9.17, 15) is 15.0 Å². The molecule has 2 aromatic rings. The molecule has 3 rings (SSSR count). The number of carbonyl (C=O) groups is 1. The summed E-state index contributed by atoms with van der Waals surface area (Å²) < 4.78 is 0. The Labute approximate surface area is 160 Å². The molecule has 0 atom stereocenters. The monoisotopic (exact) mass is 368 g/mol. The molecule has 0 unspecified atom stereocenters. The fourth-order valence-corrected chi connectivity index (χ4v) is 3.77. The van der Waals surface area contributed by atoms with E-state index in [0.717, 1.165) is 19.3 Å². The van der Waals surface area contributed by atoms with E-state index in [1.54, 1.807) is 12.1 Å². The van der Waals surface area contributed by atoms with Crippen LogP contribution in [0.2, 0.25) is 0 Å². The summed E-state index contributed by atoms with van der Waals surface area (Å²) in [5.74, 6) is 0.240. The van der Waals surface area contributed by atoms with Crippen LogP contribution in [0.5, 0.6) is 5.75 Å². The maximum Gasteiger partial charge on any atom is 0.222 e. The number of aromatic hydroxyl groups is 1. The highest BCUT2D eigenvalue weighted by molar-refractivity contribution is 5.76. The highest BCUT2D eigenvalue weighted by atomic mass is 16.3. The van der Waals surface area contributed by atoms with Gasteiger partial charge in [-0.3, -0.25) is 9.78 Å². The summed E-state index contributed by atoms with van der Waals surface area (Å²) in [4.78, 5) is 18.6. The Balaban J connectivity index is 1.52. The third-order valence-corrected chi connectivity index (χ3v) is 5.70. The molecule has 1 saturated carbocycles. The van der Waals surface area contributed by atoms with Gasteiger partial charge in [0.2, 0.25) is 5.91 Å². The van der Waals surface area contributed by atoms with E-state index in [2.05, 4.69) is 36.2 Å². The van der Waals surface area contributed by atoms with Gasteiger partial charge in [-0.2, -0.15) is 0 Å². The van der Waals surface area contributed by atoms with E-state index in [-0.39, 0.29) is 17.7 Å². The van der Waals surface area contributed by atoms with Gasteiger partial charge in [-0.05, 0) is 56.7 Å². The van der Waals surface area contributed by atoms with Gasteiger partial charge < -0.3 is 15.1 Å². The van der Waals surface area contributed by atoms with Crippen LogP contribution in [-0.4, -0.2) is 39.1 Å². The predicted octanol–water partition coefficient (Wildman–Crippen LogP) is 3.32. The smallest absolute Gasteiger partial charge is 0.222 e. The fraction of sp³-hybridized carbons (Fsp3) is 0.455. The van der Waals surface area contributed by atoms with E-state index in [0.29, 0.717) is 25.0 Å². The molecule has 0 bridgehead atoms. The zero-order chi connectivity index (χ0) is 19.4. The number of nitrogens with zero attached hydrogens (tertiary/aromatic N) is 2. The SMILES string of the molecule is Cc1ccc(CCC(=O)N(C)[C@H]2CC[C@@](O)(c3ccc(O)cn3)CC2)cc1. The summed E-state index contributed by atoms with van der Waals surface area (Å²) in [6.45, 7) is 2.06. The van der Waals surface area contributed by atoms with Gasteiger partial charge in [-0.25, -0.2) is 0 Å². The van der Waals surface area contributed by atoms with Crippen LogP contribution in [0.1, 0.15) is 48.9 Å². The lowest BCUT2D eigenvalue weighted by molar-refractivity contribution is -0.134. The zero-order valence-corrected chi connectivity index (χ0v) is 16.1. The molecule has 0 saturated heterocycles. The van der Waals surface area contributed by atoms with Crippen LogP contribution in [0.4, 0.5) is 0 Å². The van der Waals surface area contributed by atoms with Crippen molar-refractivity contribution in [3.05, 3.63) is 59.4 Å². The molecule has 0 aliphatic heterocycles. The van der Waals surface area contributed by atoms with Crippen molar-refractivity contribution in [2.45, 2.75) is 57.1 Å². The van der Waals surface area contributed by atoms with Crippen LogP contribution in [0.25, 0.3) is 0 Å². The van der Waals surface area contributed by atoms with Gasteiger partial charge in [0.1, 0.15) is 11.4 Å². The molecular formula is C22H28N2O3. The lowest BCUT2D eigenvalue weighted by Gasteiger charge is -2.39. The minimum Gasteiger partial charge on any atom is -0.506 e. The van der Waals surface area contributed by atoms with Gasteiger partial charge in [0.25, 0.3) is 0 Å². The Morgan fingerprint density at radius 3 is 2.44 bits per heavy atom. The number of pyridine rings is 1. The van der Waals surface area contributed by atoms with Crippen LogP contribution in [0, 0.1) is 6.92 Å². The third-order valence-electron chi connectivity index (χ3n) is 5.70. The van der Waals surface area contributed by atoms with E-state index in [4.69, 9.17) is 0 Å². The molecule has 144 valence electrons. The summed E-state index contributed by atoms with van der Waals surface area (Å²) in [7, 11) is 1.87. The Morgan fingerprint density at radius 1 is 1.19 bits per heavy atom. The van der Waals surface area contributed by atoms with Gasteiger partial charge in [0, 0.05) is 19.5 Å². The minimum atomic E-state index is -0.976. The number of aryl methyl sites for hydroxylation is 2. The summed E-state index contributed by atoms with van der Waals surface area (Å²) in [6.07, 6.45) is 5.21. The first-order valence-electron chi connectivity index (χ1n) is 9.56. The van der Waals surface area contributed by atoms with Crippen LogP contribution < -0.4 is 0 Å². The Morgan fingerprint density at radius 2 is 1.85 bits per heavy atom. The van der Waals surface area contributed by atoms with Crippen molar-refractivity contribution in [3.63, 3.8) is 0 Å². The standard InChI is InChI=1S/C22H28N2O3/c1-16-3-5-17(6-4-16)7-10-21(26)24(2)18-11-13-22(27,14-12-18)20-9-8-19(25)15-23-20/h3-6,8-9,15,18,25,27H,7,10-14H2,1-2H3/t18-,22-. The Bertz CT molecular complexity index is 763. The number of amides is 1. The molecule has 5 heteroatoms. The van der Waals surface area contributed by atoms with E-state index in [1.807, 2.05) is 11.9 Å². The van der Waals surface area contributed by atoms with Crippen LogP contribution in [0.15, 0.2) is 42.6 Å². The fourth-order valence-electron chi connectivity index (χ4n) is 3.77. The van der Waals surface area contributed by atoms with Crippen molar-refractivity contribution in [1.29, 1.82) is 0 Å². The van der Waals surface area contributed by atoms with Crippen molar-refractivity contribution in [2.75, 3.05) is 7.05 Å². The predicted molar refractivity (Wildman–Crippen MR) is 104 cm³/mol. The number of hydrogen-bond acceptors (Lipinski definition) is 4.